The van der Waals surface area contributed by atoms with Crippen molar-refractivity contribution in [3.63, 3.8) is 0 Å². The molecule has 0 aromatic carbocycles. The molecule has 6 heteroatoms. The molecule has 1 atom stereocenters. The number of likely N-dealkylation sites (N-methyl/N-ethyl adjacent to an activating group) is 1. The van der Waals surface area contributed by atoms with E-state index < -0.39 is 5.97 Å². The predicted octanol–water partition coefficient (Wildman–Crippen LogP) is 1.22. The van der Waals surface area contributed by atoms with Crippen LogP contribution in [0.1, 0.15) is 32.6 Å². The second kappa shape index (κ2) is 8.09. The third-order valence-corrected chi connectivity index (χ3v) is 3.68. The number of hydrogen-bond acceptors (Lipinski definition) is 3. The van der Waals surface area contributed by atoms with Gasteiger partial charge in [-0.05, 0) is 46.2 Å². The standard InChI is InChI=1S/C14H27N3O3/c1-11(10-16(2)3)15-14(20)17-8-6-12(7-9-17)4-5-13(18)19/h11-12H,4-10H2,1-3H3,(H,15,20)(H,18,19). The van der Waals surface area contributed by atoms with E-state index in [2.05, 4.69) is 5.32 Å². The van der Waals surface area contributed by atoms with Crippen molar-refractivity contribution >= 4 is 12.0 Å². The highest BCUT2D eigenvalue weighted by atomic mass is 16.4. The Balaban J connectivity index is 2.26. The Morgan fingerprint density at radius 3 is 2.45 bits per heavy atom. The van der Waals surface area contributed by atoms with E-state index in [1.54, 1.807) is 0 Å². The molecule has 20 heavy (non-hydrogen) atoms. The molecule has 1 aliphatic rings. The van der Waals surface area contributed by atoms with Crippen molar-refractivity contribution in [3.05, 3.63) is 0 Å². The van der Waals surface area contributed by atoms with Crippen LogP contribution < -0.4 is 5.32 Å². The van der Waals surface area contributed by atoms with Gasteiger partial charge >= 0.3 is 12.0 Å². The molecule has 2 amide bonds. The molecule has 1 saturated heterocycles. The lowest BCUT2D eigenvalue weighted by Gasteiger charge is -2.33. The molecule has 0 bridgehead atoms. The van der Waals surface area contributed by atoms with Gasteiger partial charge in [0, 0.05) is 32.1 Å². The summed E-state index contributed by atoms with van der Waals surface area (Å²) in [5.74, 6) is -0.294. The molecule has 1 heterocycles. The first-order chi connectivity index (χ1) is 9.38. The Bertz CT molecular complexity index is 326. The van der Waals surface area contributed by atoms with E-state index in [1.807, 2.05) is 30.8 Å². The molecular formula is C14H27N3O3. The molecule has 1 aliphatic heterocycles. The zero-order valence-corrected chi connectivity index (χ0v) is 12.8. The number of carboxylic acids is 1. The Morgan fingerprint density at radius 1 is 1.35 bits per heavy atom. The molecule has 116 valence electrons. The molecule has 0 radical (unpaired) electrons. The number of likely N-dealkylation sites (tertiary alicyclic amines) is 1. The molecule has 6 nitrogen and oxygen atoms in total. The largest absolute Gasteiger partial charge is 0.481 e. The number of nitrogens with zero attached hydrogens (tertiary/aromatic N) is 2. The van der Waals surface area contributed by atoms with Crippen molar-refractivity contribution in [1.29, 1.82) is 0 Å². The Kier molecular flexibility index (Phi) is 6.78. The van der Waals surface area contributed by atoms with Crippen LogP contribution >= 0.6 is 0 Å². The summed E-state index contributed by atoms with van der Waals surface area (Å²) in [6, 6.07) is 0.123. The number of piperidine rings is 1. The molecule has 0 aromatic rings. The van der Waals surface area contributed by atoms with Crippen LogP contribution in [-0.2, 0) is 4.79 Å². The van der Waals surface area contributed by atoms with Crippen molar-refractivity contribution < 1.29 is 14.7 Å². The number of carboxylic acid groups (broad SMARTS) is 1. The zero-order valence-electron chi connectivity index (χ0n) is 12.8. The van der Waals surface area contributed by atoms with E-state index in [9.17, 15) is 9.59 Å². The molecule has 1 unspecified atom stereocenters. The van der Waals surface area contributed by atoms with Crippen LogP contribution in [0.5, 0.6) is 0 Å². The lowest BCUT2D eigenvalue weighted by molar-refractivity contribution is -0.137. The fraction of sp³-hybridized carbons (Fsp3) is 0.857. The highest BCUT2D eigenvalue weighted by molar-refractivity contribution is 5.74. The van der Waals surface area contributed by atoms with Gasteiger partial charge < -0.3 is 20.2 Å². The van der Waals surface area contributed by atoms with Crippen molar-refractivity contribution in [2.75, 3.05) is 33.7 Å². The van der Waals surface area contributed by atoms with E-state index in [0.717, 1.165) is 38.9 Å². The summed E-state index contributed by atoms with van der Waals surface area (Å²) in [5.41, 5.74) is 0. The lowest BCUT2D eigenvalue weighted by atomic mass is 9.92. The van der Waals surface area contributed by atoms with Gasteiger partial charge in [0.1, 0.15) is 0 Å². The van der Waals surface area contributed by atoms with Gasteiger partial charge in [-0.15, -0.1) is 0 Å². The highest BCUT2D eigenvalue weighted by Crippen LogP contribution is 2.21. The lowest BCUT2D eigenvalue weighted by Crippen LogP contribution is -2.49. The molecule has 1 rings (SSSR count). The van der Waals surface area contributed by atoms with Crippen LogP contribution in [0, 0.1) is 5.92 Å². The second-order valence-electron chi connectivity index (χ2n) is 5.98. The average Bonchev–Trinajstić information content (AvgIpc) is 2.35. The maximum Gasteiger partial charge on any atom is 0.317 e. The molecule has 0 spiro atoms. The minimum Gasteiger partial charge on any atom is -0.481 e. The smallest absolute Gasteiger partial charge is 0.317 e. The van der Waals surface area contributed by atoms with Crippen LogP contribution in [-0.4, -0.2) is 66.7 Å². The fourth-order valence-electron chi connectivity index (χ4n) is 2.65. The summed E-state index contributed by atoms with van der Waals surface area (Å²) in [4.78, 5) is 26.5. The van der Waals surface area contributed by atoms with Crippen molar-refractivity contribution in [1.82, 2.24) is 15.1 Å². The van der Waals surface area contributed by atoms with Crippen LogP contribution in [0.25, 0.3) is 0 Å². The van der Waals surface area contributed by atoms with Crippen LogP contribution in [0.4, 0.5) is 4.79 Å². The van der Waals surface area contributed by atoms with Crippen molar-refractivity contribution in [2.24, 2.45) is 5.92 Å². The summed E-state index contributed by atoms with van der Waals surface area (Å²) < 4.78 is 0. The van der Waals surface area contributed by atoms with Gasteiger partial charge in [0.15, 0.2) is 0 Å². The number of amides is 2. The molecule has 2 N–H and O–H groups in total. The minimum absolute atomic E-state index is 0.00367. The van der Waals surface area contributed by atoms with E-state index in [0.29, 0.717) is 5.92 Å². The van der Waals surface area contributed by atoms with E-state index in [1.165, 1.54) is 0 Å². The van der Waals surface area contributed by atoms with Crippen LogP contribution in [0.15, 0.2) is 0 Å². The number of aliphatic carboxylic acids is 1. The normalized spacial score (nSPS) is 18.1. The topological polar surface area (TPSA) is 72.9 Å². The minimum atomic E-state index is -0.734. The third-order valence-electron chi connectivity index (χ3n) is 3.68. The summed E-state index contributed by atoms with van der Waals surface area (Å²) >= 11 is 0. The van der Waals surface area contributed by atoms with Gasteiger partial charge in [-0.3, -0.25) is 4.79 Å². The Hall–Kier alpha value is -1.30. The number of carbonyl (C=O) groups excluding carboxylic acids is 1. The Morgan fingerprint density at radius 2 is 1.95 bits per heavy atom. The first-order valence-electron chi connectivity index (χ1n) is 7.30. The second-order valence-corrected chi connectivity index (χ2v) is 5.98. The van der Waals surface area contributed by atoms with Gasteiger partial charge in [-0.25, -0.2) is 4.79 Å². The van der Waals surface area contributed by atoms with Gasteiger partial charge in [0.2, 0.25) is 0 Å². The highest BCUT2D eigenvalue weighted by Gasteiger charge is 2.23. The van der Waals surface area contributed by atoms with Crippen LogP contribution in [0.3, 0.4) is 0 Å². The summed E-state index contributed by atoms with van der Waals surface area (Å²) in [6.45, 7) is 4.27. The van der Waals surface area contributed by atoms with E-state index >= 15 is 0 Å². The zero-order chi connectivity index (χ0) is 15.1. The van der Waals surface area contributed by atoms with E-state index in [-0.39, 0.29) is 18.5 Å². The summed E-state index contributed by atoms with van der Waals surface area (Å²) in [6.07, 6.45) is 2.77. The maximum absolute atomic E-state index is 12.1. The quantitative estimate of drug-likeness (QED) is 0.769. The van der Waals surface area contributed by atoms with Gasteiger partial charge in [-0.2, -0.15) is 0 Å². The summed E-state index contributed by atoms with van der Waals surface area (Å²) in [5, 5.41) is 11.7. The van der Waals surface area contributed by atoms with Gasteiger partial charge in [0.05, 0.1) is 0 Å². The number of nitrogens with one attached hydrogen (secondary N) is 1. The number of rotatable bonds is 6. The SMILES string of the molecule is CC(CN(C)C)NC(=O)N1CCC(CCC(=O)O)CC1. The summed E-state index contributed by atoms with van der Waals surface area (Å²) in [7, 11) is 3.97. The molecular weight excluding hydrogens is 258 g/mol. The average molecular weight is 285 g/mol. The number of urea groups is 1. The maximum atomic E-state index is 12.1. The fourth-order valence-corrected chi connectivity index (χ4v) is 2.65. The van der Waals surface area contributed by atoms with Crippen molar-refractivity contribution in [3.8, 4) is 0 Å². The number of carbonyl (C=O) groups is 2. The monoisotopic (exact) mass is 285 g/mol. The van der Waals surface area contributed by atoms with Gasteiger partial charge in [-0.1, -0.05) is 0 Å². The predicted molar refractivity (Wildman–Crippen MR) is 77.7 cm³/mol. The first-order valence-corrected chi connectivity index (χ1v) is 7.30. The Labute approximate surface area is 121 Å². The molecule has 0 aliphatic carbocycles. The number of hydrogen-bond donors (Lipinski definition) is 2. The molecule has 0 saturated carbocycles. The van der Waals surface area contributed by atoms with Gasteiger partial charge in [0.25, 0.3) is 0 Å². The van der Waals surface area contributed by atoms with E-state index in [4.69, 9.17) is 5.11 Å². The van der Waals surface area contributed by atoms with Crippen molar-refractivity contribution in [2.45, 2.75) is 38.6 Å². The molecule has 0 aromatic heterocycles. The third kappa shape index (κ3) is 6.23. The first kappa shape index (κ1) is 16.8. The van der Waals surface area contributed by atoms with Crippen LogP contribution in [0.2, 0.25) is 0 Å². The molecule has 1 fully saturated rings.